The summed E-state index contributed by atoms with van der Waals surface area (Å²) in [5, 5.41) is 8.74. The van der Waals surface area contributed by atoms with Crippen molar-refractivity contribution < 1.29 is 14.6 Å². The van der Waals surface area contributed by atoms with E-state index in [2.05, 4.69) is 0 Å². The van der Waals surface area contributed by atoms with Crippen molar-refractivity contribution in [2.24, 2.45) is 5.73 Å². The van der Waals surface area contributed by atoms with Gasteiger partial charge in [0.15, 0.2) is 0 Å². The molecule has 0 saturated carbocycles. The van der Waals surface area contributed by atoms with Gasteiger partial charge < -0.3 is 15.6 Å². The summed E-state index contributed by atoms with van der Waals surface area (Å²) in [5.41, 5.74) is 6.35. The molecule has 1 atom stereocenters. The van der Waals surface area contributed by atoms with E-state index in [1.807, 2.05) is 42.5 Å². The minimum Gasteiger partial charge on any atom is -0.480 e. The SMILES string of the molecule is NC(Cc1ccc(Oc2ccccc2)cc1)C(=O)O. The first-order valence-corrected chi connectivity index (χ1v) is 5.95. The van der Waals surface area contributed by atoms with Gasteiger partial charge in [-0.2, -0.15) is 0 Å². The van der Waals surface area contributed by atoms with Gasteiger partial charge in [0.05, 0.1) is 0 Å². The van der Waals surface area contributed by atoms with E-state index in [9.17, 15) is 4.79 Å². The summed E-state index contributed by atoms with van der Waals surface area (Å²) >= 11 is 0. The summed E-state index contributed by atoms with van der Waals surface area (Å²) < 4.78 is 5.64. The number of aliphatic carboxylic acids is 1. The molecule has 0 heterocycles. The molecule has 4 nitrogen and oxygen atoms in total. The molecule has 0 aliphatic heterocycles. The zero-order valence-corrected chi connectivity index (χ0v) is 10.3. The second-order valence-corrected chi connectivity index (χ2v) is 4.21. The molecule has 0 saturated heterocycles. The molecule has 0 aliphatic rings. The van der Waals surface area contributed by atoms with Gasteiger partial charge in [-0.15, -0.1) is 0 Å². The highest BCUT2D eigenvalue weighted by atomic mass is 16.5. The Morgan fingerprint density at radius 3 is 2.21 bits per heavy atom. The first kappa shape index (κ1) is 13.1. The molecule has 0 radical (unpaired) electrons. The molecule has 19 heavy (non-hydrogen) atoms. The van der Waals surface area contributed by atoms with E-state index in [4.69, 9.17) is 15.6 Å². The van der Waals surface area contributed by atoms with Gasteiger partial charge in [-0.25, -0.2) is 0 Å². The van der Waals surface area contributed by atoms with Crippen LogP contribution in [0.5, 0.6) is 11.5 Å². The van der Waals surface area contributed by atoms with Crippen LogP contribution in [0.25, 0.3) is 0 Å². The minimum atomic E-state index is -0.996. The molecule has 0 amide bonds. The van der Waals surface area contributed by atoms with Crippen LogP contribution in [0, 0.1) is 0 Å². The highest BCUT2D eigenvalue weighted by molar-refractivity contribution is 5.73. The van der Waals surface area contributed by atoms with Crippen LogP contribution < -0.4 is 10.5 Å². The number of carboxylic acid groups (broad SMARTS) is 1. The number of carboxylic acids is 1. The van der Waals surface area contributed by atoms with Crippen LogP contribution in [0.2, 0.25) is 0 Å². The van der Waals surface area contributed by atoms with Crippen LogP contribution in [0.1, 0.15) is 5.56 Å². The van der Waals surface area contributed by atoms with Crippen molar-refractivity contribution >= 4 is 5.97 Å². The van der Waals surface area contributed by atoms with E-state index in [-0.39, 0.29) is 0 Å². The van der Waals surface area contributed by atoms with Crippen LogP contribution in [-0.2, 0) is 11.2 Å². The number of para-hydroxylation sites is 1. The van der Waals surface area contributed by atoms with E-state index in [0.29, 0.717) is 12.2 Å². The molecule has 2 rings (SSSR count). The van der Waals surface area contributed by atoms with Crippen LogP contribution in [0.4, 0.5) is 0 Å². The van der Waals surface area contributed by atoms with Crippen LogP contribution >= 0.6 is 0 Å². The highest BCUT2D eigenvalue weighted by Gasteiger charge is 2.11. The standard InChI is InChI=1S/C15H15NO3/c16-14(15(17)18)10-11-6-8-13(9-7-11)19-12-4-2-1-3-5-12/h1-9,14H,10,16H2,(H,17,18). The fourth-order valence-corrected chi connectivity index (χ4v) is 1.66. The number of nitrogens with two attached hydrogens (primary N) is 1. The largest absolute Gasteiger partial charge is 0.480 e. The Bertz CT molecular complexity index is 537. The van der Waals surface area contributed by atoms with Gasteiger partial charge in [0.1, 0.15) is 17.5 Å². The maximum atomic E-state index is 10.7. The molecule has 0 spiro atoms. The average molecular weight is 257 g/mol. The van der Waals surface area contributed by atoms with Gasteiger partial charge in [-0.1, -0.05) is 30.3 Å². The lowest BCUT2D eigenvalue weighted by atomic mass is 10.1. The Morgan fingerprint density at radius 1 is 1.05 bits per heavy atom. The summed E-state index contributed by atoms with van der Waals surface area (Å²) in [6.45, 7) is 0. The number of carbonyl (C=O) groups is 1. The number of hydrogen-bond donors (Lipinski definition) is 2. The molecule has 0 aromatic heterocycles. The Hall–Kier alpha value is -2.33. The Morgan fingerprint density at radius 2 is 1.63 bits per heavy atom. The zero-order chi connectivity index (χ0) is 13.7. The van der Waals surface area contributed by atoms with Crippen LogP contribution in [0.15, 0.2) is 54.6 Å². The summed E-state index contributed by atoms with van der Waals surface area (Å²) in [6.07, 6.45) is 0.306. The predicted molar refractivity (Wildman–Crippen MR) is 72.3 cm³/mol. The fraction of sp³-hybridized carbons (Fsp3) is 0.133. The summed E-state index contributed by atoms with van der Waals surface area (Å²) in [5.74, 6) is 0.473. The van der Waals surface area contributed by atoms with Gasteiger partial charge in [-0.05, 0) is 36.2 Å². The second kappa shape index (κ2) is 6.02. The lowest BCUT2D eigenvalue weighted by molar-refractivity contribution is -0.138. The predicted octanol–water partition coefficient (Wildman–Crippen LogP) is 2.43. The summed E-state index contributed by atoms with van der Waals surface area (Å²) in [6, 6.07) is 15.8. The molecule has 2 aromatic rings. The molecular formula is C15H15NO3. The van der Waals surface area contributed by atoms with Crippen molar-refractivity contribution in [3.8, 4) is 11.5 Å². The summed E-state index contributed by atoms with van der Waals surface area (Å²) in [4.78, 5) is 10.7. The maximum Gasteiger partial charge on any atom is 0.320 e. The molecule has 0 bridgehead atoms. The third kappa shape index (κ3) is 3.82. The molecule has 2 aromatic carbocycles. The minimum absolute atomic E-state index is 0.306. The number of benzene rings is 2. The lowest BCUT2D eigenvalue weighted by Crippen LogP contribution is -2.32. The third-order valence-corrected chi connectivity index (χ3v) is 2.68. The third-order valence-electron chi connectivity index (χ3n) is 2.68. The van der Waals surface area contributed by atoms with Gasteiger partial charge >= 0.3 is 5.97 Å². The fourth-order valence-electron chi connectivity index (χ4n) is 1.66. The van der Waals surface area contributed by atoms with Gasteiger partial charge in [-0.3, -0.25) is 4.79 Å². The normalized spacial score (nSPS) is 11.8. The topological polar surface area (TPSA) is 72.5 Å². The molecule has 4 heteroatoms. The Kier molecular flexibility index (Phi) is 4.15. The van der Waals surface area contributed by atoms with E-state index in [1.54, 1.807) is 12.1 Å². The van der Waals surface area contributed by atoms with E-state index in [0.717, 1.165) is 11.3 Å². The first-order chi connectivity index (χ1) is 9.15. The Labute approximate surface area is 111 Å². The molecule has 0 aliphatic carbocycles. The average Bonchev–Trinajstić information content (AvgIpc) is 2.42. The number of hydrogen-bond acceptors (Lipinski definition) is 3. The molecule has 3 N–H and O–H groups in total. The van der Waals surface area contributed by atoms with Gasteiger partial charge in [0.2, 0.25) is 0 Å². The number of ether oxygens (including phenoxy) is 1. The molecule has 1 unspecified atom stereocenters. The quantitative estimate of drug-likeness (QED) is 0.862. The van der Waals surface area contributed by atoms with E-state index in [1.165, 1.54) is 0 Å². The van der Waals surface area contributed by atoms with Crippen molar-refractivity contribution in [3.63, 3.8) is 0 Å². The first-order valence-electron chi connectivity index (χ1n) is 5.95. The molecule has 0 fully saturated rings. The maximum absolute atomic E-state index is 10.7. The van der Waals surface area contributed by atoms with Crippen molar-refractivity contribution in [1.29, 1.82) is 0 Å². The van der Waals surface area contributed by atoms with Crippen LogP contribution in [-0.4, -0.2) is 17.1 Å². The summed E-state index contributed by atoms with van der Waals surface area (Å²) in [7, 11) is 0. The van der Waals surface area contributed by atoms with Gasteiger partial charge in [0, 0.05) is 0 Å². The monoisotopic (exact) mass is 257 g/mol. The second-order valence-electron chi connectivity index (χ2n) is 4.21. The molecule has 98 valence electrons. The highest BCUT2D eigenvalue weighted by Crippen LogP contribution is 2.21. The van der Waals surface area contributed by atoms with E-state index >= 15 is 0 Å². The zero-order valence-electron chi connectivity index (χ0n) is 10.3. The van der Waals surface area contributed by atoms with Crippen molar-refractivity contribution in [2.45, 2.75) is 12.5 Å². The van der Waals surface area contributed by atoms with E-state index < -0.39 is 12.0 Å². The molecular weight excluding hydrogens is 242 g/mol. The van der Waals surface area contributed by atoms with Crippen molar-refractivity contribution in [2.75, 3.05) is 0 Å². The Balaban J connectivity index is 2.01. The lowest BCUT2D eigenvalue weighted by Gasteiger charge is -2.08. The van der Waals surface area contributed by atoms with Crippen molar-refractivity contribution in [1.82, 2.24) is 0 Å². The van der Waals surface area contributed by atoms with Crippen LogP contribution in [0.3, 0.4) is 0 Å². The van der Waals surface area contributed by atoms with Gasteiger partial charge in [0.25, 0.3) is 0 Å². The smallest absolute Gasteiger partial charge is 0.320 e. The number of rotatable bonds is 5. The van der Waals surface area contributed by atoms with Crippen molar-refractivity contribution in [3.05, 3.63) is 60.2 Å².